The molecule has 6 nitrogen and oxygen atoms in total. The summed E-state index contributed by atoms with van der Waals surface area (Å²) in [4.78, 5) is 0. The van der Waals surface area contributed by atoms with Crippen molar-refractivity contribution in [3.63, 3.8) is 0 Å². The predicted molar refractivity (Wildman–Crippen MR) is 62.7 cm³/mol. The summed E-state index contributed by atoms with van der Waals surface area (Å²) in [5, 5.41) is 22.3. The Kier molecular flexibility index (Phi) is 3.72. The third-order valence-electron chi connectivity index (χ3n) is 3.82. The summed E-state index contributed by atoms with van der Waals surface area (Å²) in [7, 11) is 3.43. The first kappa shape index (κ1) is 13.2. The van der Waals surface area contributed by atoms with E-state index in [9.17, 15) is 10.4 Å². The molecule has 17 heavy (non-hydrogen) atoms. The zero-order valence-electron chi connectivity index (χ0n) is 10.6. The molecular weight excluding hydrogens is 224 g/mol. The van der Waals surface area contributed by atoms with E-state index >= 15 is 0 Å². The second kappa shape index (κ2) is 4.79. The Morgan fingerprint density at radius 3 is 2.00 bits per heavy atom. The monoisotopic (exact) mass is 246 g/mol. The van der Waals surface area contributed by atoms with Crippen LogP contribution in [0.5, 0.6) is 0 Å². The van der Waals surface area contributed by atoms with Gasteiger partial charge in [0.1, 0.15) is 31.8 Å². The molecule has 0 aromatic rings. The third kappa shape index (κ3) is 3.37. The van der Waals surface area contributed by atoms with Gasteiger partial charge in [0.05, 0.1) is 33.9 Å². The summed E-state index contributed by atoms with van der Waals surface area (Å²) in [5.74, 6) is 0. The minimum atomic E-state index is -0.125. The van der Waals surface area contributed by atoms with Gasteiger partial charge in [0, 0.05) is 6.42 Å². The van der Waals surface area contributed by atoms with E-state index < -0.39 is 0 Å². The molecule has 3 heterocycles. The maximum Gasteiger partial charge on any atom is 0.115 e. The van der Waals surface area contributed by atoms with Gasteiger partial charge in [-0.2, -0.15) is 0 Å². The van der Waals surface area contributed by atoms with Crippen LogP contribution in [0.25, 0.3) is 0 Å². The summed E-state index contributed by atoms with van der Waals surface area (Å²) in [6.07, 6.45) is 1.26. The highest BCUT2D eigenvalue weighted by molar-refractivity contribution is 4.81. The highest BCUT2D eigenvalue weighted by atomic mass is 16.6. The van der Waals surface area contributed by atoms with Crippen LogP contribution in [0.3, 0.4) is 0 Å². The number of likely N-dealkylation sites (tertiary alicyclic amines) is 1. The Bertz CT molecular complexity index is 262. The molecule has 0 amide bonds. The molecule has 0 N–H and O–H groups in total. The topological polar surface area (TPSA) is 64.6 Å². The number of likely N-dealkylation sites (N-methyl/N-ethyl adjacent to an activating group) is 2. The van der Waals surface area contributed by atoms with Gasteiger partial charge >= 0.3 is 0 Å². The summed E-state index contributed by atoms with van der Waals surface area (Å²) >= 11 is 0. The molecule has 3 unspecified atom stereocenters. The van der Waals surface area contributed by atoms with Crippen LogP contribution in [-0.4, -0.2) is 75.0 Å². The first-order valence-electron chi connectivity index (χ1n) is 6.20. The van der Waals surface area contributed by atoms with Gasteiger partial charge in [-0.15, -0.1) is 0 Å². The van der Waals surface area contributed by atoms with Crippen molar-refractivity contribution in [2.75, 3.05) is 53.6 Å². The van der Waals surface area contributed by atoms with Gasteiger partial charge in [0.15, 0.2) is 0 Å². The quantitative estimate of drug-likeness (QED) is 0.448. The Morgan fingerprint density at radius 1 is 1.12 bits per heavy atom. The summed E-state index contributed by atoms with van der Waals surface area (Å²) in [5.41, 5.74) is 0. The lowest BCUT2D eigenvalue weighted by Crippen LogP contribution is -2.47. The average molecular weight is 246 g/mol. The number of ether oxygens (including phenoxy) is 2. The molecule has 3 saturated heterocycles. The van der Waals surface area contributed by atoms with Crippen molar-refractivity contribution in [2.24, 2.45) is 0 Å². The molecule has 3 rings (SSSR count). The van der Waals surface area contributed by atoms with Crippen LogP contribution < -0.4 is 0 Å². The normalized spacial score (nSPS) is 43.1. The first-order chi connectivity index (χ1) is 7.89. The van der Waals surface area contributed by atoms with Gasteiger partial charge in [-0.1, -0.05) is 0 Å². The molecular formula is C11H22N2O4. The maximum absolute atomic E-state index is 11.4. The fraction of sp³-hybridized carbons (Fsp3) is 1.00. The molecule has 3 aliphatic rings. The highest BCUT2D eigenvalue weighted by Gasteiger charge is 2.44. The second-order valence-electron chi connectivity index (χ2n) is 5.56. The minimum Gasteiger partial charge on any atom is -0.633 e. The first-order valence-corrected chi connectivity index (χ1v) is 6.20. The van der Waals surface area contributed by atoms with Gasteiger partial charge in [0.2, 0.25) is 0 Å². The number of rotatable bonds is 0. The maximum atomic E-state index is 11.4. The lowest BCUT2D eigenvalue weighted by atomic mass is 10.2. The standard InChI is InChI=1S/C6H11NO2.C5H11NO2/c1-7(8)3-6-2-5(7)4-9-6;1-6(7)2-4-8-5-3-6/h5-6H,2-4H2,1H3;2-5H2,1H3. The van der Waals surface area contributed by atoms with E-state index in [0.29, 0.717) is 39.5 Å². The van der Waals surface area contributed by atoms with Crippen LogP contribution >= 0.6 is 0 Å². The van der Waals surface area contributed by atoms with Crippen LogP contribution in [0.15, 0.2) is 0 Å². The van der Waals surface area contributed by atoms with Crippen LogP contribution in [0, 0.1) is 10.4 Å². The van der Waals surface area contributed by atoms with E-state index in [0.717, 1.165) is 6.42 Å². The third-order valence-corrected chi connectivity index (χ3v) is 3.82. The van der Waals surface area contributed by atoms with E-state index in [4.69, 9.17) is 9.47 Å². The zero-order valence-corrected chi connectivity index (χ0v) is 10.6. The van der Waals surface area contributed by atoms with Gasteiger partial charge in [0.25, 0.3) is 0 Å². The number of hydroxylamine groups is 6. The molecule has 0 saturated carbocycles. The Balaban J connectivity index is 0.000000128. The lowest BCUT2D eigenvalue weighted by Gasteiger charge is -2.41. The minimum absolute atomic E-state index is 0.0648. The number of morpholine rings is 2. The van der Waals surface area contributed by atoms with Crippen molar-refractivity contribution in [3.8, 4) is 0 Å². The molecule has 3 atom stereocenters. The van der Waals surface area contributed by atoms with Crippen molar-refractivity contribution in [2.45, 2.75) is 18.6 Å². The Morgan fingerprint density at radius 2 is 1.76 bits per heavy atom. The van der Waals surface area contributed by atoms with Crippen molar-refractivity contribution < 1.29 is 18.8 Å². The molecule has 0 aromatic carbocycles. The predicted octanol–water partition coefficient (Wildman–Crippen LogP) is 0.0629. The van der Waals surface area contributed by atoms with E-state index in [1.165, 1.54) is 0 Å². The lowest BCUT2D eigenvalue weighted by molar-refractivity contribution is -0.880. The van der Waals surface area contributed by atoms with Gasteiger partial charge in [-0.05, 0) is 0 Å². The van der Waals surface area contributed by atoms with E-state index in [1.807, 2.05) is 0 Å². The van der Waals surface area contributed by atoms with Crippen LogP contribution in [-0.2, 0) is 9.47 Å². The average Bonchev–Trinajstić information content (AvgIpc) is 2.76. The van der Waals surface area contributed by atoms with Crippen molar-refractivity contribution >= 4 is 0 Å². The van der Waals surface area contributed by atoms with Crippen molar-refractivity contribution in [1.82, 2.24) is 0 Å². The van der Waals surface area contributed by atoms with E-state index in [1.54, 1.807) is 14.1 Å². The molecule has 3 fully saturated rings. The fourth-order valence-electron chi connectivity index (χ4n) is 2.48. The number of hydrogen-bond acceptors (Lipinski definition) is 4. The Labute approximate surface area is 102 Å². The smallest absolute Gasteiger partial charge is 0.115 e. The number of fused-ring (bicyclic) bond motifs is 2. The highest BCUT2D eigenvalue weighted by Crippen LogP contribution is 2.31. The van der Waals surface area contributed by atoms with E-state index in [-0.39, 0.29) is 21.4 Å². The van der Waals surface area contributed by atoms with Gasteiger partial charge < -0.3 is 29.2 Å². The summed E-state index contributed by atoms with van der Waals surface area (Å²) in [6.45, 7) is 3.83. The largest absolute Gasteiger partial charge is 0.633 e. The molecule has 0 radical (unpaired) electrons. The molecule has 100 valence electrons. The molecule has 0 aliphatic carbocycles. The SMILES string of the molecule is C[N+]1([O-])CC2CC1CO2.C[N+]1([O-])CCOCC1. The van der Waals surface area contributed by atoms with Gasteiger partial charge in [-0.3, -0.25) is 0 Å². The fourth-order valence-corrected chi connectivity index (χ4v) is 2.48. The van der Waals surface area contributed by atoms with Crippen molar-refractivity contribution in [1.29, 1.82) is 0 Å². The molecule has 6 heteroatoms. The molecule has 3 aliphatic heterocycles. The zero-order chi connectivity index (χ0) is 12.5. The molecule has 0 spiro atoms. The molecule has 0 aromatic heterocycles. The van der Waals surface area contributed by atoms with E-state index in [2.05, 4.69) is 0 Å². The van der Waals surface area contributed by atoms with Gasteiger partial charge in [-0.25, -0.2) is 0 Å². The summed E-state index contributed by atoms with van der Waals surface area (Å²) < 4.78 is 10.1. The number of quaternary nitrogens is 2. The summed E-state index contributed by atoms with van der Waals surface area (Å²) in [6, 6.07) is 0.245. The van der Waals surface area contributed by atoms with Crippen LogP contribution in [0.2, 0.25) is 0 Å². The number of hydrogen-bond donors (Lipinski definition) is 0. The number of nitrogens with zero attached hydrogens (tertiary/aromatic N) is 2. The van der Waals surface area contributed by atoms with Crippen LogP contribution in [0.1, 0.15) is 6.42 Å². The molecule has 2 bridgehead atoms. The van der Waals surface area contributed by atoms with Crippen LogP contribution in [0.4, 0.5) is 0 Å². The second-order valence-corrected chi connectivity index (χ2v) is 5.56. The van der Waals surface area contributed by atoms with Crippen molar-refractivity contribution in [3.05, 3.63) is 10.4 Å². The Hall–Kier alpha value is -0.240.